The molecule has 0 aliphatic rings. The Bertz CT molecular complexity index is 583. The molecule has 0 saturated heterocycles. The van der Waals surface area contributed by atoms with Gasteiger partial charge in [-0.1, -0.05) is 18.7 Å². The van der Waals surface area contributed by atoms with Gasteiger partial charge in [-0.25, -0.2) is 9.97 Å². The number of hydrogen-bond acceptors (Lipinski definition) is 6. The average Bonchev–Trinajstić information content (AvgIpc) is 2.89. The maximum absolute atomic E-state index is 4.57. The van der Waals surface area contributed by atoms with Crippen molar-refractivity contribution in [2.45, 2.75) is 25.0 Å². The summed E-state index contributed by atoms with van der Waals surface area (Å²) in [6.45, 7) is 3.82. The molecule has 0 aliphatic heterocycles. The molecule has 2 aromatic rings. The zero-order valence-corrected chi connectivity index (χ0v) is 13.8. The summed E-state index contributed by atoms with van der Waals surface area (Å²) in [5.41, 5.74) is 1.16. The first-order chi connectivity index (χ1) is 10.1. The largest absolute Gasteiger partial charge is 0.370 e. The van der Waals surface area contributed by atoms with Crippen molar-refractivity contribution in [1.82, 2.24) is 19.7 Å². The van der Waals surface area contributed by atoms with E-state index >= 15 is 0 Å². The van der Waals surface area contributed by atoms with Gasteiger partial charge in [-0.3, -0.25) is 4.68 Å². The van der Waals surface area contributed by atoms with Crippen molar-refractivity contribution in [3.8, 4) is 0 Å². The smallest absolute Gasteiger partial charge is 0.191 e. The summed E-state index contributed by atoms with van der Waals surface area (Å²) in [4.78, 5) is 11.2. The second kappa shape index (κ2) is 7.31. The molecule has 2 rings (SSSR count). The predicted molar refractivity (Wildman–Crippen MR) is 87.9 cm³/mol. The molecule has 0 saturated carbocycles. The van der Waals surface area contributed by atoms with Crippen LogP contribution in [0.4, 0.5) is 11.6 Å². The highest BCUT2D eigenvalue weighted by molar-refractivity contribution is 7.98. The Morgan fingerprint density at radius 2 is 2.19 bits per heavy atom. The minimum atomic E-state index is 0.770. The number of aryl methyl sites for hydroxylation is 1. The van der Waals surface area contributed by atoms with Gasteiger partial charge in [-0.15, -0.1) is 0 Å². The monoisotopic (exact) mass is 306 g/mol. The second-order valence-corrected chi connectivity index (χ2v) is 5.68. The molecule has 2 aromatic heterocycles. The van der Waals surface area contributed by atoms with Crippen LogP contribution in [-0.2, 0) is 13.6 Å². The maximum Gasteiger partial charge on any atom is 0.191 e. The van der Waals surface area contributed by atoms with Crippen molar-refractivity contribution < 1.29 is 0 Å². The zero-order chi connectivity index (χ0) is 15.2. The van der Waals surface area contributed by atoms with E-state index in [-0.39, 0.29) is 0 Å². The Balaban J connectivity index is 2.16. The van der Waals surface area contributed by atoms with Gasteiger partial charge in [0.2, 0.25) is 0 Å². The lowest BCUT2D eigenvalue weighted by molar-refractivity contribution is 0.766. The minimum Gasteiger partial charge on any atom is -0.370 e. The minimum absolute atomic E-state index is 0.770. The van der Waals surface area contributed by atoms with Crippen molar-refractivity contribution >= 4 is 23.4 Å². The van der Waals surface area contributed by atoms with Crippen LogP contribution in [0.2, 0.25) is 0 Å². The first-order valence-electron chi connectivity index (χ1n) is 6.98. The van der Waals surface area contributed by atoms with E-state index in [1.165, 1.54) is 0 Å². The summed E-state index contributed by atoms with van der Waals surface area (Å²) in [5.74, 6) is 1.79. The van der Waals surface area contributed by atoms with Gasteiger partial charge in [0.15, 0.2) is 5.16 Å². The van der Waals surface area contributed by atoms with Gasteiger partial charge >= 0.3 is 0 Å². The molecule has 0 radical (unpaired) electrons. The first-order valence-corrected chi connectivity index (χ1v) is 8.20. The fraction of sp³-hybridized carbons (Fsp3) is 0.500. The summed E-state index contributed by atoms with van der Waals surface area (Å²) in [7, 11) is 3.95. The standard InChI is InChI=1S/C14H22N6S/c1-5-6-15-12-7-13(18-14(17-12)21-4)19(2)9-11-8-16-20(3)10-11/h7-8,10H,5-6,9H2,1-4H3,(H,15,17,18). The predicted octanol–water partition coefficient (Wildman–Crippen LogP) is 2.39. The SMILES string of the molecule is CCCNc1cc(N(C)Cc2cnn(C)c2)nc(SC)n1. The molecule has 0 bridgehead atoms. The Labute approximate surface area is 130 Å². The fourth-order valence-electron chi connectivity index (χ4n) is 1.95. The Morgan fingerprint density at radius 1 is 1.38 bits per heavy atom. The number of aromatic nitrogens is 4. The molecule has 6 nitrogen and oxygen atoms in total. The summed E-state index contributed by atoms with van der Waals surface area (Å²) < 4.78 is 1.81. The molecule has 0 spiro atoms. The van der Waals surface area contributed by atoms with E-state index in [1.54, 1.807) is 11.8 Å². The molecule has 0 aliphatic carbocycles. The van der Waals surface area contributed by atoms with Gasteiger partial charge in [0, 0.05) is 45.0 Å². The molecule has 0 atom stereocenters. The number of anilines is 2. The van der Waals surface area contributed by atoms with Crippen LogP contribution in [0.5, 0.6) is 0 Å². The van der Waals surface area contributed by atoms with Crippen LogP contribution in [0.1, 0.15) is 18.9 Å². The van der Waals surface area contributed by atoms with Crippen LogP contribution in [0.3, 0.4) is 0 Å². The third-order valence-electron chi connectivity index (χ3n) is 3.00. The molecule has 1 N–H and O–H groups in total. The van der Waals surface area contributed by atoms with E-state index in [0.29, 0.717) is 0 Å². The number of thioether (sulfide) groups is 1. The van der Waals surface area contributed by atoms with E-state index in [0.717, 1.165) is 41.9 Å². The van der Waals surface area contributed by atoms with Gasteiger partial charge < -0.3 is 10.2 Å². The molecule has 7 heteroatoms. The molecule has 21 heavy (non-hydrogen) atoms. The average molecular weight is 306 g/mol. The lowest BCUT2D eigenvalue weighted by atomic mass is 10.3. The topological polar surface area (TPSA) is 58.9 Å². The van der Waals surface area contributed by atoms with Crippen LogP contribution in [0.15, 0.2) is 23.6 Å². The Kier molecular flexibility index (Phi) is 5.44. The summed E-state index contributed by atoms with van der Waals surface area (Å²) in [6.07, 6.45) is 6.95. The Hall–Kier alpha value is -1.76. The number of hydrogen-bond donors (Lipinski definition) is 1. The highest BCUT2D eigenvalue weighted by atomic mass is 32.2. The van der Waals surface area contributed by atoms with Crippen molar-refractivity contribution in [2.75, 3.05) is 30.1 Å². The molecule has 0 amide bonds. The van der Waals surface area contributed by atoms with E-state index in [1.807, 2.05) is 43.5 Å². The summed E-state index contributed by atoms with van der Waals surface area (Å²) in [5, 5.41) is 8.30. The van der Waals surface area contributed by atoms with Crippen molar-refractivity contribution in [1.29, 1.82) is 0 Å². The van der Waals surface area contributed by atoms with E-state index in [4.69, 9.17) is 0 Å². The zero-order valence-electron chi connectivity index (χ0n) is 13.0. The van der Waals surface area contributed by atoms with Crippen LogP contribution >= 0.6 is 11.8 Å². The molecule has 2 heterocycles. The van der Waals surface area contributed by atoms with E-state index in [9.17, 15) is 0 Å². The van der Waals surface area contributed by atoms with Crippen LogP contribution < -0.4 is 10.2 Å². The van der Waals surface area contributed by atoms with Crippen molar-refractivity contribution in [3.63, 3.8) is 0 Å². The molecule has 114 valence electrons. The van der Waals surface area contributed by atoms with Crippen molar-refractivity contribution in [3.05, 3.63) is 24.0 Å². The van der Waals surface area contributed by atoms with Crippen LogP contribution in [0, 0.1) is 0 Å². The number of nitrogens with zero attached hydrogens (tertiary/aromatic N) is 5. The Morgan fingerprint density at radius 3 is 2.81 bits per heavy atom. The first kappa shape index (κ1) is 15.6. The lowest BCUT2D eigenvalue weighted by Gasteiger charge is -2.18. The van der Waals surface area contributed by atoms with Gasteiger partial charge in [0.25, 0.3) is 0 Å². The summed E-state index contributed by atoms with van der Waals surface area (Å²) in [6, 6.07) is 1.99. The fourth-order valence-corrected chi connectivity index (χ4v) is 2.33. The van der Waals surface area contributed by atoms with Gasteiger partial charge in [-0.2, -0.15) is 5.10 Å². The number of nitrogens with one attached hydrogen (secondary N) is 1. The van der Waals surface area contributed by atoms with Gasteiger partial charge in [-0.05, 0) is 12.7 Å². The second-order valence-electron chi connectivity index (χ2n) is 4.90. The quantitative estimate of drug-likeness (QED) is 0.626. The molecular weight excluding hydrogens is 284 g/mol. The normalized spacial score (nSPS) is 10.7. The van der Waals surface area contributed by atoms with Crippen LogP contribution in [-0.4, -0.2) is 39.6 Å². The van der Waals surface area contributed by atoms with Gasteiger partial charge in [0.05, 0.1) is 6.20 Å². The summed E-state index contributed by atoms with van der Waals surface area (Å²) >= 11 is 1.55. The van der Waals surface area contributed by atoms with E-state index < -0.39 is 0 Å². The lowest BCUT2D eigenvalue weighted by Crippen LogP contribution is -2.18. The van der Waals surface area contributed by atoms with Gasteiger partial charge in [0.1, 0.15) is 11.6 Å². The number of rotatable bonds is 7. The molecule has 0 fully saturated rings. The molecule has 0 unspecified atom stereocenters. The highest BCUT2D eigenvalue weighted by Gasteiger charge is 2.09. The third-order valence-corrected chi connectivity index (χ3v) is 3.55. The van der Waals surface area contributed by atoms with Crippen molar-refractivity contribution in [2.24, 2.45) is 7.05 Å². The maximum atomic E-state index is 4.57. The third kappa shape index (κ3) is 4.35. The molecular formula is C14H22N6S. The highest BCUT2D eigenvalue weighted by Crippen LogP contribution is 2.20. The van der Waals surface area contributed by atoms with E-state index in [2.05, 4.69) is 32.2 Å². The van der Waals surface area contributed by atoms with Crippen LogP contribution in [0.25, 0.3) is 0 Å². The molecule has 0 aromatic carbocycles.